The molecule has 1 amide bonds. The third-order valence-electron chi connectivity index (χ3n) is 6.24. The van der Waals surface area contributed by atoms with Crippen LogP contribution in [0.5, 0.6) is 0 Å². The Bertz CT molecular complexity index is 761. The van der Waals surface area contributed by atoms with Crippen molar-refractivity contribution in [3.8, 4) is 0 Å². The predicted octanol–water partition coefficient (Wildman–Crippen LogP) is 1.87. The number of amides is 1. The summed E-state index contributed by atoms with van der Waals surface area (Å²) in [6.45, 7) is 6.87. The molecule has 162 valence electrons. The first-order valence-corrected chi connectivity index (χ1v) is 12.6. The van der Waals surface area contributed by atoms with Gasteiger partial charge in [0, 0.05) is 25.7 Å². The highest BCUT2D eigenvalue weighted by molar-refractivity contribution is 7.91. The summed E-state index contributed by atoms with van der Waals surface area (Å²) in [5, 5.41) is 0. The SMILES string of the molecule is CCN(C(=O)CN1CCC(CN(C)Cc2ccccc2)CC1)C1CCS(=O)(=O)C1. The molecule has 1 aromatic rings. The van der Waals surface area contributed by atoms with E-state index < -0.39 is 9.84 Å². The number of likely N-dealkylation sites (tertiary alicyclic amines) is 1. The molecule has 0 bridgehead atoms. The van der Waals surface area contributed by atoms with E-state index in [-0.39, 0.29) is 23.5 Å². The fourth-order valence-electron chi connectivity index (χ4n) is 4.67. The first-order chi connectivity index (χ1) is 13.9. The molecule has 0 aliphatic carbocycles. The van der Waals surface area contributed by atoms with E-state index in [0.29, 0.717) is 25.4 Å². The summed E-state index contributed by atoms with van der Waals surface area (Å²) in [5.74, 6) is 1.08. The maximum absolute atomic E-state index is 12.8. The zero-order valence-electron chi connectivity index (χ0n) is 17.8. The molecule has 0 N–H and O–H groups in total. The Labute approximate surface area is 175 Å². The molecule has 0 saturated carbocycles. The van der Waals surface area contributed by atoms with Crippen LogP contribution in [0.1, 0.15) is 31.7 Å². The lowest BCUT2D eigenvalue weighted by Gasteiger charge is -2.35. The quantitative estimate of drug-likeness (QED) is 0.641. The number of sulfone groups is 1. The largest absolute Gasteiger partial charge is 0.338 e. The molecule has 1 aromatic carbocycles. The van der Waals surface area contributed by atoms with Gasteiger partial charge in [0.2, 0.25) is 5.91 Å². The van der Waals surface area contributed by atoms with Crippen molar-refractivity contribution in [1.29, 1.82) is 0 Å². The van der Waals surface area contributed by atoms with Crippen molar-refractivity contribution in [3.63, 3.8) is 0 Å². The molecule has 1 unspecified atom stereocenters. The second kappa shape index (κ2) is 10.0. The number of carbonyl (C=O) groups excluding carboxylic acids is 1. The first kappa shape index (κ1) is 22.2. The van der Waals surface area contributed by atoms with Crippen molar-refractivity contribution >= 4 is 15.7 Å². The molecule has 2 aliphatic heterocycles. The van der Waals surface area contributed by atoms with Gasteiger partial charge in [0.1, 0.15) is 0 Å². The van der Waals surface area contributed by atoms with Gasteiger partial charge in [-0.1, -0.05) is 30.3 Å². The molecular formula is C22H35N3O3S. The molecule has 2 saturated heterocycles. The van der Waals surface area contributed by atoms with Crippen LogP contribution in [0.3, 0.4) is 0 Å². The minimum absolute atomic E-state index is 0.0780. The molecule has 3 rings (SSSR count). The molecule has 7 heteroatoms. The summed E-state index contributed by atoms with van der Waals surface area (Å²) in [7, 11) is -0.793. The lowest BCUT2D eigenvalue weighted by atomic mass is 9.96. The maximum Gasteiger partial charge on any atom is 0.237 e. The zero-order valence-corrected chi connectivity index (χ0v) is 18.6. The molecule has 1 atom stereocenters. The summed E-state index contributed by atoms with van der Waals surface area (Å²) in [6.07, 6.45) is 2.80. The van der Waals surface area contributed by atoms with Gasteiger partial charge in [0.05, 0.1) is 18.1 Å². The Morgan fingerprint density at radius 3 is 2.41 bits per heavy atom. The smallest absolute Gasteiger partial charge is 0.237 e. The molecule has 0 radical (unpaired) electrons. The summed E-state index contributed by atoms with van der Waals surface area (Å²) in [6, 6.07) is 10.4. The zero-order chi connectivity index (χ0) is 20.9. The van der Waals surface area contributed by atoms with Gasteiger partial charge in [-0.15, -0.1) is 0 Å². The van der Waals surface area contributed by atoms with Gasteiger partial charge in [-0.3, -0.25) is 9.69 Å². The van der Waals surface area contributed by atoms with Crippen molar-refractivity contribution in [2.24, 2.45) is 5.92 Å². The van der Waals surface area contributed by atoms with Crippen LogP contribution in [0, 0.1) is 5.92 Å². The highest BCUT2D eigenvalue weighted by Gasteiger charge is 2.34. The number of benzene rings is 1. The number of carbonyl (C=O) groups is 1. The van der Waals surface area contributed by atoms with Crippen LogP contribution >= 0.6 is 0 Å². The standard InChI is InChI=1S/C22H35N3O3S/c1-3-25(21-11-14-29(27,28)18-21)22(26)17-24-12-9-20(10-13-24)16-23(2)15-19-7-5-4-6-8-19/h4-8,20-21H,3,9-18H2,1-2H3. The second-order valence-electron chi connectivity index (χ2n) is 8.64. The van der Waals surface area contributed by atoms with E-state index in [2.05, 4.69) is 41.1 Å². The van der Waals surface area contributed by atoms with Crippen LogP contribution in [0.4, 0.5) is 0 Å². The third-order valence-corrected chi connectivity index (χ3v) is 7.99. The van der Waals surface area contributed by atoms with Crippen molar-refractivity contribution in [1.82, 2.24) is 14.7 Å². The predicted molar refractivity (Wildman–Crippen MR) is 116 cm³/mol. The lowest BCUT2D eigenvalue weighted by Crippen LogP contribution is -2.48. The second-order valence-corrected chi connectivity index (χ2v) is 10.9. The van der Waals surface area contributed by atoms with Gasteiger partial charge in [0.15, 0.2) is 9.84 Å². The molecule has 6 nitrogen and oxygen atoms in total. The number of piperidine rings is 1. The van der Waals surface area contributed by atoms with Crippen molar-refractivity contribution in [2.75, 3.05) is 51.3 Å². The van der Waals surface area contributed by atoms with E-state index in [0.717, 1.165) is 39.0 Å². The Balaban J connectivity index is 1.41. The summed E-state index contributed by atoms with van der Waals surface area (Å²) in [5.41, 5.74) is 1.34. The van der Waals surface area contributed by atoms with E-state index in [9.17, 15) is 13.2 Å². The molecule has 2 aliphatic rings. The number of likely N-dealkylation sites (N-methyl/N-ethyl adjacent to an activating group) is 1. The fourth-order valence-corrected chi connectivity index (χ4v) is 6.40. The normalized spacial score (nSPS) is 22.8. The van der Waals surface area contributed by atoms with Gasteiger partial charge < -0.3 is 9.80 Å². The van der Waals surface area contributed by atoms with Crippen LogP contribution < -0.4 is 0 Å². The Kier molecular flexibility index (Phi) is 7.71. The molecule has 2 fully saturated rings. The number of hydrogen-bond donors (Lipinski definition) is 0. The Hall–Kier alpha value is -1.44. The van der Waals surface area contributed by atoms with Gasteiger partial charge in [-0.2, -0.15) is 0 Å². The molecule has 0 aromatic heterocycles. The van der Waals surface area contributed by atoms with Crippen molar-refractivity contribution < 1.29 is 13.2 Å². The molecular weight excluding hydrogens is 386 g/mol. The minimum Gasteiger partial charge on any atom is -0.338 e. The average molecular weight is 422 g/mol. The van der Waals surface area contributed by atoms with E-state index in [4.69, 9.17) is 0 Å². The van der Waals surface area contributed by atoms with Crippen LogP contribution in [-0.2, 0) is 21.2 Å². The fraction of sp³-hybridized carbons (Fsp3) is 0.682. The van der Waals surface area contributed by atoms with Gasteiger partial charge in [0.25, 0.3) is 0 Å². The number of hydrogen-bond acceptors (Lipinski definition) is 5. The lowest BCUT2D eigenvalue weighted by molar-refractivity contribution is -0.134. The molecule has 29 heavy (non-hydrogen) atoms. The van der Waals surface area contributed by atoms with E-state index in [1.54, 1.807) is 4.90 Å². The van der Waals surface area contributed by atoms with E-state index in [1.165, 1.54) is 5.56 Å². The summed E-state index contributed by atoms with van der Waals surface area (Å²) >= 11 is 0. The topological polar surface area (TPSA) is 60.9 Å². The summed E-state index contributed by atoms with van der Waals surface area (Å²) in [4.78, 5) is 19.2. The van der Waals surface area contributed by atoms with Gasteiger partial charge in [-0.25, -0.2) is 8.42 Å². The van der Waals surface area contributed by atoms with Crippen LogP contribution in [0.15, 0.2) is 30.3 Å². The minimum atomic E-state index is -2.97. The van der Waals surface area contributed by atoms with Gasteiger partial charge in [-0.05, 0) is 57.8 Å². The summed E-state index contributed by atoms with van der Waals surface area (Å²) < 4.78 is 23.5. The molecule has 2 heterocycles. The third kappa shape index (κ3) is 6.52. The Morgan fingerprint density at radius 2 is 1.83 bits per heavy atom. The monoisotopic (exact) mass is 421 g/mol. The number of nitrogens with zero attached hydrogens (tertiary/aromatic N) is 3. The van der Waals surface area contributed by atoms with Crippen LogP contribution in [0.2, 0.25) is 0 Å². The Morgan fingerprint density at radius 1 is 1.14 bits per heavy atom. The van der Waals surface area contributed by atoms with Crippen LogP contribution in [0.25, 0.3) is 0 Å². The van der Waals surface area contributed by atoms with E-state index in [1.807, 2.05) is 13.0 Å². The highest BCUT2D eigenvalue weighted by atomic mass is 32.2. The van der Waals surface area contributed by atoms with E-state index >= 15 is 0 Å². The average Bonchev–Trinajstić information content (AvgIpc) is 3.04. The van der Waals surface area contributed by atoms with Crippen molar-refractivity contribution in [2.45, 2.75) is 38.8 Å². The number of rotatable bonds is 8. The van der Waals surface area contributed by atoms with Gasteiger partial charge >= 0.3 is 0 Å². The van der Waals surface area contributed by atoms with Crippen LogP contribution in [-0.4, -0.2) is 86.3 Å². The molecule has 0 spiro atoms. The first-order valence-electron chi connectivity index (χ1n) is 10.8. The maximum atomic E-state index is 12.8. The highest BCUT2D eigenvalue weighted by Crippen LogP contribution is 2.21. The van der Waals surface area contributed by atoms with Crippen molar-refractivity contribution in [3.05, 3.63) is 35.9 Å².